The lowest BCUT2D eigenvalue weighted by molar-refractivity contribution is 0.00578. The average Bonchev–Trinajstić information content (AvgIpc) is 3.08. The smallest absolute Gasteiger partial charge is 0.487 e. The van der Waals surface area contributed by atoms with Gasteiger partial charge in [0.25, 0.3) is 0 Å². The van der Waals surface area contributed by atoms with Crippen molar-refractivity contribution in [3.05, 3.63) is 41.7 Å². The summed E-state index contributed by atoms with van der Waals surface area (Å²) in [4.78, 5) is 0. The minimum absolute atomic E-state index is 0.339. The van der Waals surface area contributed by atoms with Gasteiger partial charge >= 0.3 is 7.12 Å². The van der Waals surface area contributed by atoms with Gasteiger partial charge in [0, 0.05) is 12.2 Å². The first kappa shape index (κ1) is 19.0. The molecule has 26 heavy (non-hydrogen) atoms. The maximum Gasteiger partial charge on any atom is 0.495 e. The normalized spacial score (nSPS) is 18.5. The molecule has 0 saturated carbocycles. The highest BCUT2D eigenvalue weighted by Crippen LogP contribution is 2.36. The van der Waals surface area contributed by atoms with Crippen molar-refractivity contribution in [2.75, 3.05) is 0 Å². The van der Waals surface area contributed by atoms with Crippen molar-refractivity contribution in [2.24, 2.45) is 0 Å². The quantitative estimate of drug-likeness (QED) is 0.768. The van der Waals surface area contributed by atoms with Crippen LogP contribution in [0.5, 0.6) is 5.75 Å². The van der Waals surface area contributed by atoms with Crippen molar-refractivity contribution in [1.29, 1.82) is 0 Å². The monoisotopic (exact) mass is 356 g/mol. The number of aromatic nitrogens is 2. The van der Waals surface area contributed by atoms with Gasteiger partial charge in [0.15, 0.2) is 0 Å². The molecule has 2 heterocycles. The summed E-state index contributed by atoms with van der Waals surface area (Å²) in [6.45, 7) is 15.0. The van der Waals surface area contributed by atoms with Gasteiger partial charge in [0.2, 0.25) is 0 Å². The fraction of sp³-hybridized carbons (Fsp3) is 0.550. The maximum absolute atomic E-state index is 6.15. The Labute approximate surface area is 156 Å². The third-order valence-electron chi connectivity index (χ3n) is 5.33. The summed E-state index contributed by atoms with van der Waals surface area (Å²) in [7, 11) is -0.351. The molecule has 6 heteroatoms. The van der Waals surface area contributed by atoms with E-state index in [1.807, 2.05) is 35.1 Å². The summed E-state index contributed by atoms with van der Waals surface area (Å²) in [5, 5.41) is 4.51. The van der Waals surface area contributed by atoms with Gasteiger partial charge in [-0.15, -0.1) is 0 Å². The number of rotatable bonds is 5. The standard InChI is InChI=1S/C20H29BN2O3/c1-14(2)23-11-10-16(22-23)13-24-17-8-9-18(15(3)12-17)21-25-19(4,5)20(6,7)26-21/h8-12,14H,13H2,1-7H3. The lowest BCUT2D eigenvalue weighted by Crippen LogP contribution is -2.41. The van der Waals surface area contributed by atoms with Crippen molar-refractivity contribution in [3.63, 3.8) is 0 Å². The van der Waals surface area contributed by atoms with E-state index in [2.05, 4.69) is 53.6 Å². The lowest BCUT2D eigenvalue weighted by atomic mass is 9.76. The van der Waals surface area contributed by atoms with Crippen LogP contribution in [-0.4, -0.2) is 28.1 Å². The van der Waals surface area contributed by atoms with Crippen molar-refractivity contribution >= 4 is 12.6 Å². The number of hydrogen-bond acceptors (Lipinski definition) is 4. The first-order chi connectivity index (χ1) is 12.1. The minimum atomic E-state index is -0.351. The van der Waals surface area contributed by atoms with Crippen molar-refractivity contribution in [1.82, 2.24) is 9.78 Å². The predicted octanol–water partition coefficient (Wildman–Crippen LogP) is 3.65. The molecule has 1 aliphatic heterocycles. The highest BCUT2D eigenvalue weighted by molar-refractivity contribution is 6.62. The first-order valence-electron chi connectivity index (χ1n) is 9.22. The Morgan fingerprint density at radius 3 is 2.31 bits per heavy atom. The maximum atomic E-state index is 6.15. The SMILES string of the molecule is Cc1cc(OCc2ccn(C(C)C)n2)ccc1B1OC(C)(C)C(C)(C)O1. The largest absolute Gasteiger partial charge is 0.495 e. The van der Waals surface area contributed by atoms with Gasteiger partial charge in [-0.05, 0) is 77.7 Å². The molecule has 1 aromatic carbocycles. The summed E-state index contributed by atoms with van der Waals surface area (Å²) in [5.41, 5.74) is 2.38. The molecule has 0 bridgehead atoms. The van der Waals surface area contributed by atoms with Crippen LogP contribution in [0.1, 0.15) is 58.8 Å². The molecule has 140 valence electrons. The fourth-order valence-corrected chi connectivity index (χ4v) is 2.87. The number of hydrogen-bond donors (Lipinski definition) is 0. The van der Waals surface area contributed by atoms with Gasteiger partial charge in [-0.3, -0.25) is 4.68 Å². The first-order valence-corrected chi connectivity index (χ1v) is 9.22. The molecule has 0 aliphatic carbocycles. The molecule has 1 saturated heterocycles. The van der Waals surface area contributed by atoms with E-state index in [9.17, 15) is 0 Å². The predicted molar refractivity (Wildman–Crippen MR) is 104 cm³/mol. The topological polar surface area (TPSA) is 45.5 Å². The third kappa shape index (κ3) is 3.67. The van der Waals surface area contributed by atoms with E-state index in [0.717, 1.165) is 22.5 Å². The Morgan fingerprint density at radius 1 is 1.12 bits per heavy atom. The van der Waals surface area contributed by atoms with Crippen molar-refractivity contribution < 1.29 is 14.0 Å². The Hall–Kier alpha value is -1.79. The van der Waals surface area contributed by atoms with E-state index >= 15 is 0 Å². The second-order valence-electron chi connectivity index (χ2n) is 8.28. The Balaban J connectivity index is 1.68. The molecule has 0 radical (unpaired) electrons. The van der Waals surface area contributed by atoms with Gasteiger partial charge in [-0.2, -0.15) is 5.10 Å². The Bertz CT molecular complexity index is 767. The number of nitrogens with zero attached hydrogens (tertiary/aromatic N) is 2. The zero-order valence-electron chi connectivity index (χ0n) is 16.9. The third-order valence-corrected chi connectivity index (χ3v) is 5.33. The van der Waals surface area contributed by atoms with Crippen molar-refractivity contribution in [2.45, 2.75) is 72.3 Å². The van der Waals surface area contributed by atoms with Gasteiger partial charge in [0.1, 0.15) is 12.4 Å². The summed E-state index contributed by atoms with van der Waals surface area (Å²) >= 11 is 0. The molecular weight excluding hydrogens is 327 g/mol. The number of aryl methyl sites for hydroxylation is 1. The molecule has 3 rings (SSSR count). The zero-order chi connectivity index (χ0) is 19.1. The summed E-state index contributed by atoms with van der Waals surface area (Å²) in [5.74, 6) is 0.821. The highest BCUT2D eigenvalue weighted by Gasteiger charge is 2.52. The van der Waals surface area contributed by atoms with E-state index in [0.29, 0.717) is 12.6 Å². The summed E-state index contributed by atoms with van der Waals surface area (Å²) in [6.07, 6.45) is 1.98. The molecule has 0 unspecified atom stereocenters. The van der Waals surface area contributed by atoms with Crippen LogP contribution >= 0.6 is 0 Å². The van der Waals surface area contributed by atoms with E-state index < -0.39 is 0 Å². The van der Waals surface area contributed by atoms with Gasteiger partial charge in [-0.25, -0.2) is 0 Å². The fourth-order valence-electron chi connectivity index (χ4n) is 2.87. The van der Waals surface area contributed by atoms with Crippen LogP contribution in [0, 0.1) is 6.92 Å². The van der Waals surface area contributed by atoms with Gasteiger partial charge in [0.05, 0.1) is 16.9 Å². The zero-order valence-corrected chi connectivity index (χ0v) is 16.9. The summed E-state index contributed by atoms with van der Waals surface area (Å²) < 4.78 is 20.1. The van der Waals surface area contributed by atoms with Crippen molar-refractivity contribution in [3.8, 4) is 5.75 Å². The van der Waals surface area contributed by atoms with E-state index in [4.69, 9.17) is 14.0 Å². The molecule has 0 amide bonds. The van der Waals surface area contributed by atoms with Crippen LogP contribution in [0.15, 0.2) is 30.5 Å². The molecule has 1 fully saturated rings. The molecule has 0 spiro atoms. The molecule has 1 aliphatic rings. The highest BCUT2D eigenvalue weighted by atomic mass is 16.7. The minimum Gasteiger partial charge on any atom is -0.487 e. The second-order valence-corrected chi connectivity index (χ2v) is 8.28. The Morgan fingerprint density at radius 2 is 1.77 bits per heavy atom. The summed E-state index contributed by atoms with van der Waals surface area (Å²) in [6, 6.07) is 8.36. The van der Waals surface area contributed by atoms with E-state index in [-0.39, 0.29) is 18.3 Å². The molecule has 0 atom stereocenters. The molecule has 1 aromatic heterocycles. The average molecular weight is 356 g/mol. The van der Waals surface area contributed by atoms with Crippen LogP contribution in [0.3, 0.4) is 0 Å². The Kier molecular flexibility index (Phi) is 4.93. The molecular formula is C20H29BN2O3. The number of ether oxygens (including phenoxy) is 1. The number of benzene rings is 1. The van der Waals surface area contributed by atoms with Crippen LogP contribution in [0.4, 0.5) is 0 Å². The van der Waals surface area contributed by atoms with Gasteiger partial charge in [-0.1, -0.05) is 6.07 Å². The van der Waals surface area contributed by atoms with E-state index in [1.54, 1.807) is 0 Å². The van der Waals surface area contributed by atoms with Crippen LogP contribution in [-0.2, 0) is 15.9 Å². The molecule has 2 aromatic rings. The van der Waals surface area contributed by atoms with Gasteiger partial charge < -0.3 is 14.0 Å². The lowest BCUT2D eigenvalue weighted by Gasteiger charge is -2.32. The molecule has 5 nitrogen and oxygen atoms in total. The second kappa shape index (κ2) is 6.74. The van der Waals surface area contributed by atoms with Crippen LogP contribution in [0.2, 0.25) is 0 Å². The molecule has 0 N–H and O–H groups in total. The van der Waals surface area contributed by atoms with Crippen LogP contribution < -0.4 is 10.2 Å². The van der Waals surface area contributed by atoms with Crippen LogP contribution in [0.25, 0.3) is 0 Å². The van der Waals surface area contributed by atoms with E-state index in [1.165, 1.54) is 0 Å².